The molecule has 4 rings (SSSR count). The Hall–Kier alpha value is -4.54. The minimum absolute atomic E-state index is 0.119. The molecule has 0 aliphatic heterocycles. The highest BCUT2D eigenvalue weighted by atomic mass is 19.4. The lowest BCUT2D eigenvalue weighted by Crippen LogP contribution is -2.20. The largest absolute Gasteiger partial charge is 0.433 e. The van der Waals surface area contributed by atoms with E-state index in [1.54, 1.807) is 42.9 Å². The van der Waals surface area contributed by atoms with Gasteiger partial charge in [-0.15, -0.1) is 0 Å². The highest BCUT2D eigenvalue weighted by Gasteiger charge is 2.32. The molecule has 0 unspecified atom stereocenters. The molecule has 0 aliphatic carbocycles. The predicted octanol–water partition coefficient (Wildman–Crippen LogP) is 5.15. The molecule has 11 heteroatoms. The Morgan fingerprint density at radius 3 is 2.35 bits per heavy atom. The number of benzene rings is 1. The molecule has 0 aliphatic rings. The number of nitrogens with zero attached hydrogens (tertiary/aromatic N) is 4. The van der Waals surface area contributed by atoms with Crippen LogP contribution in [0.15, 0.2) is 67.3 Å². The van der Waals surface area contributed by atoms with Gasteiger partial charge in [-0.25, -0.2) is 19.7 Å². The van der Waals surface area contributed by atoms with Crippen molar-refractivity contribution in [2.24, 2.45) is 0 Å². The third-order valence-electron chi connectivity index (χ3n) is 4.79. The van der Waals surface area contributed by atoms with Crippen molar-refractivity contribution < 1.29 is 18.0 Å². The second-order valence-electron chi connectivity index (χ2n) is 7.30. The number of rotatable bonds is 4. The first-order valence-corrected chi connectivity index (χ1v) is 9.95. The van der Waals surface area contributed by atoms with Crippen molar-refractivity contribution in [2.75, 3.05) is 16.4 Å². The number of nitrogens with two attached hydrogens (primary N) is 1. The van der Waals surface area contributed by atoms with E-state index in [4.69, 9.17) is 5.73 Å². The zero-order chi connectivity index (χ0) is 24.3. The standard InChI is InChI=1S/C23H18F3N7O/c1-13-2-3-15(31-22(34)32-16-4-5-20(30-10-16)23(24,25)26)9-17(13)19-12-28-11-18(33-19)14-6-7-29-21(27)8-14/h2-12H,1H3,(H2,27,29)(H2,31,32,34). The molecule has 2 amide bonds. The number of nitrogen functional groups attached to an aromatic ring is 1. The van der Waals surface area contributed by atoms with E-state index in [-0.39, 0.29) is 5.69 Å². The van der Waals surface area contributed by atoms with Gasteiger partial charge < -0.3 is 16.4 Å². The Bertz CT molecular complexity index is 1340. The molecule has 4 N–H and O–H groups in total. The molecular formula is C23H18F3N7O. The second kappa shape index (κ2) is 9.14. The van der Waals surface area contributed by atoms with Crippen LogP contribution < -0.4 is 16.4 Å². The number of alkyl halides is 3. The van der Waals surface area contributed by atoms with Crippen LogP contribution in [0.1, 0.15) is 11.3 Å². The molecule has 3 heterocycles. The van der Waals surface area contributed by atoms with E-state index < -0.39 is 17.9 Å². The summed E-state index contributed by atoms with van der Waals surface area (Å²) >= 11 is 0. The number of carbonyl (C=O) groups is 1. The number of aryl methyl sites for hydroxylation is 1. The number of hydrogen-bond acceptors (Lipinski definition) is 6. The number of hydrogen-bond donors (Lipinski definition) is 3. The van der Waals surface area contributed by atoms with Crippen LogP contribution >= 0.6 is 0 Å². The SMILES string of the molecule is Cc1ccc(NC(=O)Nc2ccc(C(F)(F)F)nc2)cc1-c1cncc(-c2ccnc(N)c2)n1. The first-order chi connectivity index (χ1) is 16.2. The smallest absolute Gasteiger partial charge is 0.384 e. The summed E-state index contributed by atoms with van der Waals surface area (Å²) in [4.78, 5) is 28.6. The van der Waals surface area contributed by atoms with Crippen molar-refractivity contribution in [3.63, 3.8) is 0 Å². The van der Waals surface area contributed by atoms with Gasteiger partial charge >= 0.3 is 12.2 Å². The molecule has 8 nitrogen and oxygen atoms in total. The molecule has 0 spiro atoms. The first kappa shape index (κ1) is 22.6. The molecule has 1 aromatic carbocycles. The van der Waals surface area contributed by atoms with Crippen LogP contribution in [0, 0.1) is 6.92 Å². The number of pyridine rings is 2. The fourth-order valence-corrected chi connectivity index (χ4v) is 3.15. The van der Waals surface area contributed by atoms with E-state index in [1.165, 1.54) is 0 Å². The van der Waals surface area contributed by atoms with Gasteiger partial charge in [-0.3, -0.25) is 4.98 Å². The molecule has 0 saturated carbocycles. The Kier molecular flexibility index (Phi) is 6.09. The normalized spacial score (nSPS) is 11.2. The van der Waals surface area contributed by atoms with E-state index in [2.05, 4.69) is 30.6 Å². The number of anilines is 3. The van der Waals surface area contributed by atoms with E-state index in [0.29, 0.717) is 22.9 Å². The van der Waals surface area contributed by atoms with Crippen LogP contribution in [0.5, 0.6) is 0 Å². The van der Waals surface area contributed by atoms with Crippen molar-refractivity contribution >= 4 is 23.2 Å². The Labute approximate surface area is 192 Å². The maximum Gasteiger partial charge on any atom is 0.433 e. The van der Waals surface area contributed by atoms with Crippen LogP contribution in [0.3, 0.4) is 0 Å². The molecule has 3 aromatic heterocycles. The summed E-state index contributed by atoms with van der Waals surface area (Å²) in [5.41, 5.74) is 8.89. The van der Waals surface area contributed by atoms with Crippen molar-refractivity contribution in [3.8, 4) is 22.5 Å². The number of urea groups is 1. The molecule has 34 heavy (non-hydrogen) atoms. The minimum Gasteiger partial charge on any atom is -0.384 e. The van der Waals surface area contributed by atoms with E-state index in [0.717, 1.165) is 35.0 Å². The van der Waals surface area contributed by atoms with Gasteiger partial charge in [0.15, 0.2) is 0 Å². The van der Waals surface area contributed by atoms with Gasteiger partial charge in [-0.1, -0.05) is 6.07 Å². The average Bonchev–Trinajstić information content (AvgIpc) is 2.80. The molecule has 0 atom stereocenters. The quantitative estimate of drug-likeness (QED) is 0.383. The summed E-state index contributed by atoms with van der Waals surface area (Å²) in [6.07, 6.45) is 1.19. The third kappa shape index (κ3) is 5.26. The Morgan fingerprint density at radius 1 is 0.912 bits per heavy atom. The molecular weight excluding hydrogens is 447 g/mol. The van der Waals surface area contributed by atoms with E-state index >= 15 is 0 Å². The molecule has 4 aromatic rings. The highest BCUT2D eigenvalue weighted by Crippen LogP contribution is 2.29. The van der Waals surface area contributed by atoms with Crippen LogP contribution in [-0.2, 0) is 6.18 Å². The van der Waals surface area contributed by atoms with Gasteiger partial charge in [0, 0.05) is 23.0 Å². The van der Waals surface area contributed by atoms with Crippen molar-refractivity contribution in [2.45, 2.75) is 13.1 Å². The predicted molar refractivity (Wildman–Crippen MR) is 122 cm³/mol. The van der Waals surface area contributed by atoms with Crippen LogP contribution in [0.2, 0.25) is 0 Å². The summed E-state index contributed by atoms with van der Waals surface area (Å²) in [5.74, 6) is 0.362. The maximum absolute atomic E-state index is 12.6. The lowest BCUT2D eigenvalue weighted by Gasteiger charge is -2.12. The summed E-state index contributed by atoms with van der Waals surface area (Å²) < 4.78 is 37.9. The monoisotopic (exact) mass is 465 g/mol. The molecule has 0 fully saturated rings. The van der Waals surface area contributed by atoms with Gasteiger partial charge in [0.05, 0.1) is 35.7 Å². The second-order valence-corrected chi connectivity index (χ2v) is 7.30. The summed E-state index contributed by atoms with van der Waals surface area (Å²) in [5, 5.41) is 5.11. The van der Waals surface area contributed by atoms with Crippen molar-refractivity contribution in [3.05, 3.63) is 78.5 Å². The van der Waals surface area contributed by atoms with Gasteiger partial charge in [0.25, 0.3) is 0 Å². The number of nitrogens with one attached hydrogen (secondary N) is 2. The fourth-order valence-electron chi connectivity index (χ4n) is 3.15. The summed E-state index contributed by atoms with van der Waals surface area (Å²) in [6.45, 7) is 1.89. The Balaban J connectivity index is 1.52. The van der Waals surface area contributed by atoms with Crippen LogP contribution in [0.25, 0.3) is 22.5 Å². The maximum atomic E-state index is 12.6. The van der Waals surface area contributed by atoms with Crippen molar-refractivity contribution in [1.82, 2.24) is 19.9 Å². The lowest BCUT2D eigenvalue weighted by atomic mass is 10.0. The first-order valence-electron chi connectivity index (χ1n) is 9.95. The third-order valence-corrected chi connectivity index (χ3v) is 4.79. The summed E-state index contributed by atoms with van der Waals surface area (Å²) in [6, 6.07) is 9.99. The van der Waals surface area contributed by atoms with Gasteiger partial charge in [-0.05, 0) is 48.9 Å². The van der Waals surface area contributed by atoms with E-state index in [1.807, 2.05) is 13.0 Å². The zero-order valence-electron chi connectivity index (χ0n) is 17.8. The average molecular weight is 465 g/mol. The summed E-state index contributed by atoms with van der Waals surface area (Å²) in [7, 11) is 0. The number of halogens is 3. The van der Waals surface area contributed by atoms with Gasteiger partial charge in [0.2, 0.25) is 0 Å². The molecule has 0 saturated heterocycles. The minimum atomic E-state index is -4.55. The van der Waals surface area contributed by atoms with E-state index in [9.17, 15) is 18.0 Å². The van der Waals surface area contributed by atoms with Gasteiger partial charge in [0.1, 0.15) is 11.5 Å². The zero-order valence-corrected chi connectivity index (χ0v) is 17.8. The van der Waals surface area contributed by atoms with Crippen LogP contribution in [-0.4, -0.2) is 26.0 Å². The molecule has 0 radical (unpaired) electrons. The number of amides is 2. The van der Waals surface area contributed by atoms with Crippen molar-refractivity contribution in [1.29, 1.82) is 0 Å². The number of carbonyl (C=O) groups excluding carboxylic acids is 1. The highest BCUT2D eigenvalue weighted by molar-refractivity contribution is 6.00. The lowest BCUT2D eigenvalue weighted by molar-refractivity contribution is -0.141. The van der Waals surface area contributed by atoms with Gasteiger partial charge in [-0.2, -0.15) is 13.2 Å². The Morgan fingerprint density at radius 2 is 1.65 bits per heavy atom. The fraction of sp³-hybridized carbons (Fsp3) is 0.0870. The number of aromatic nitrogens is 4. The molecule has 172 valence electrons. The van der Waals surface area contributed by atoms with Crippen LogP contribution in [0.4, 0.5) is 35.2 Å². The molecule has 0 bridgehead atoms. The topological polar surface area (TPSA) is 119 Å².